The van der Waals surface area contributed by atoms with Gasteiger partial charge in [-0.05, 0) is 30.5 Å². The molecule has 2 fully saturated rings. The number of nitrogens with one attached hydrogen (secondary N) is 1. The third kappa shape index (κ3) is 4.14. The fourth-order valence-electron chi connectivity index (χ4n) is 3.62. The summed E-state index contributed by atoms with van der Waals surface area (Å²) in [4.78, 5) is 26.2. The lowest BCUT2D eigenvalue weighted by Gasteiger charge is -2.23. The molecule has 2 aliphatic rings. The molecule has 0 unspecified atom stereocenters. The van der Waals surface area contributed by atoms with Gasteiger partial charge in [0.2, 0.25) is 11.8 Å². The molecule has 0 radical (unpaired) electrons. The third-order valence-corrected chi connectivity index (χ3v) is 5.04. The Labute approximate surface area is 144 Å². The summed E-state index contributed by atoms with van der Waals surface area (Å²) in [7, 11) is 0. The van der Waals surface area contributed by atoms with Crippen molar-refractivity contribution in [2.75, 3.05) is 6.54 Å². The van der Waals surface area contributed by atoms with Gasteiger partial charge in [0.15, 0.2) is 0 Å². The summed E-state index contributed by atoms with van der Waals surface area (Å²) in [6, 6.07) is 4.98. The van der Waals surface area contributed by atoms with Crippen LogP contribution in [0.1, 0.15) is 43.2 Å². The van der Waals surface area contributed by atoms with E-state index >= 15 is 0 Å². The van der Waals surface area contributed by atoms with Crippen LogP contribution in [0.4, 0.5) is 13.2 Å². The van der Waals surface area contributed by atoms with E-state index in [-0.39, 0.29) is 36.7 Å². The summed E-state index contributed by atoms with van der Waals surface area (Å²) >= 11 is 0. The molecule has 1 N–H and O–H groups in total. The molecule has 1 saturated heterocycles. The van der Waals surface area contributed by atoms with Gasteiger partial charge in [-0.15, -0.1) is 0 Å². The standard InChI is InChI=1S/C18H21F3N2O2/c19-18(20,21)14-7-5-12(6-8-14)10-22-17(25)13-9-16(24)23(11-13)15-3-1-2-4-15/h5-8,13,15H,1-4,9-11H2,(H,22,25)/t13-/m1/s1. The summed E-state index contributed by atoms with van der Waals surface area (Å²) in [6.07, 6.45) is 0.112. The monoisotopic (exact) mass is 354 g/mol. The van der Waals surface area contributed by atoms with Gasteiger partial charge in [0.05, 0.1) is 11.5 Å². The van der Waals surface area contributed by atoms with E-state index in [1.807, 2.05) is 4.90 Å². The second-order valence-electron chi connectivity index (χ2n) is 6.80. The molecule has 7 heteroatoms. The summed E-state index contributed by atoms with van der Waals surface area (Å²) in [6.45, 7) is 0.605. The molecule has 25 heavy (non-hydrogen) atoms. The molecule has 1 atom stereocenters. The number of rotatable bonds is 4. The second kappa shape index (κ2) is 7.06. The van der Waals surface area contributed by atoms with Crippen LogP contribution in [0, 0.1) is 5.92 Å². The van der Waals surface area contributed by atoms with Gasteiger partial charge in [-0.2, -0.15) is 13.2 Å². The van der Waals surface area contributed by atoms with E-state index in [0.29, 0.717) is 12.1 Å². The third-order valence-electron chi connectivity index (χ3n) is 5.04. The molecule has 0 spiro atoms. The molecule has 1 saturated carbocycles. The van der Waals surface area contributed by atoms with Gasteiger partial charge in [-0.1, -0.05) is 25.0 Å². The predicted molar refractivity (Wildman–Crippen MR) is 85.4 cm³/mol. The minimum atomic E-state index is -4.37. The van der Waals surface area contributed by atoms with E-state index in [4.69, 9.17) is 0 Å². The Morgan fingerprint density at radius 2 is 1.80 bits per heavy atom. The lowest BCUT2D eigenvalue weighted by atomic mass is 10.1. The van der Waals surface area contributed by atoms with Crippen LogP contribution in [0.25, 0.3) is 0 Å². The molecular formula is C18H21F3N2O2. The quantitative estimate of drug-likeness (QED) is 0.903. The van der Waals surface area contributed by atoms with Gasteiger partial charge >= 0.3 is 6.18 Å². The van der Waals surface area contributed by atoms with Crippen molar-refractivity contribution >= 4 is 11.8 Å². The minimum Gasteiger partial charge on any atom is -0.352 e. The van der Waals surface area contributed by atoms with Crippen LogP contribution in [0.15, 0.2) is 24.3 Å². The van der Waals surface area contributed by atoms with E-state index in [0.717, 1.165) is 37.8 Å². The first-order valence-electron chi connectivity index (χ1n) is 8.58. The van der Waals surface area contributed by atoms with E-state index in [2.05, 4.69) is 5.32 Å². The normalized spacial score (nSPS) is 21.8. The zero-order valence-electron chi connectivity index (χ0n) is 13.8. The first-order valence-corrected chi connectivity index (χ1v) is 8.58. The summed E-state index contributed by atoms with van der Waals surface area (Å²) < 4.78 is 37.6. The van der Waals surface area contributed by atoms with Crippen molar-refractivity contribution in [3.63, 3.8) is 0 Å². The average molecular weight is 354 g/mol. The van der Waals surface area contributed by atoms with Crippen LogP contribution in [-0.2, 0) is 22.3 Å². The van der Waals surface area contributed by atoms with E-state index in [1.54, 1.807) is 0 Å². The van der Waals surface area contributed by atoms with Crippen LogP contribution in [0.5, 0.6) is 0 Å². The van der Waals surface area contributed by atoms with Crippen LogP contribution >= 0.6 is 0 Å². The molecule has 1 aromatic carbocycles. The van der Waals surface area contributed by atoms with E-state index < -0.39 is 11.7 Å². The topological polar surface area (TPSA) is 49.4 Å². The Kier molecular flexibility index (Phi) is 5.01. The molecule has 1 aromatic rings. The van der Waals surface area contributed by atoms with Gasteiger partial charge in [0, 0.05) is 25.6 Å². The molecule has 136 valence electrons. The molecule has 1 aliphatic carbocycles. The SMILES string of the molecule is O=C(NCc1ccc(C(F)(F)F)cc1)[C@@H]1CC(=O)N(C2CCCC2)C1. The number of halogens is 3. The first-order chi connectivity index (χ1) is 11.8. The Balaban J connectivity index is 1.52. The maximum Gasteiger partial charge on any atom is 0.416 e. The molecule has 0 bridgehead atoms. The highest BCUT2D eigenvalue weighted by Gasteiger charge is 2.38. The number of benzene rings is 1. The van der Waals surface area contributed by atoms with Gasteiger partial charge in [0.1, 0.15) is 0 Å². The van der Waals surface area contributed by atoms with Crippen LogP contribution in [0.3, 0.4) is 0 Å². The number of alkyl halides is 3. The second-order valence-corrected chi connectivity index (χ2v) is 6.80. The van der Waals surface area contributed by atoms with Gasteiger partial charge in [-0.3, -0.25) is 9.59 Å². The van der Waals surface area contributed by atoms with Gasteiger partial charge in [-0.25, -0.2) is 0 Å². The molecule has 0 aromatic heterocycles. The van der Waals surface area contributed by atoms with E-state index in [9.17, 15) is 22.8 Å². The number of likely N-dealkylation sites (tertiary alicyclic amines) is 1. The van der Waals surface area contributed by atoms with Crippen LogP contribution in [-0.4, -0.2) is 29.3 Å². The summed E-state index contributed by atoms with van der Waals surface area (Å²) in [5.41, 5.74) is -0.116. The molecule has 4 nitrogen and oxygen atoms in total. The number of carbonyl (C=O) groups is 2. The molecule has 1 aliphatic heterocycles. The minimum absolute atomic E-state index is 0.0292. The zero-order valence-corrected chi connectivity index (χ0v) is 13.8. The lowest BCUT2D eigenvalue weighted by molar-refractivity contribution is -0.137. The van der Waals surface area contributed by atoms with Gasteiger partial charge < -0.3 is 10.2 Å². The molecule has 2 amide bonds. The van der Waals surface area contributed by atoms with Gasteiger partial charge in [0.25, 0.3) is 0 Å². The molecule has 1 heterocycles. The van der Waals surface area contributed by atoms with Crippen molar-refractivity contribution in [1.82, 2.24) is 10.2 Å². The highest BCUT2D eigenvalue weighted by Crippen LogP contribution is 2.30. The Morgan fingerprint density at radius 1 is 1.16 bits per heavy atom. The first kappa shape index (κ1) is 17.8. The zero-order chi connectivity index (χ0) is 18.0. The van der Waals surface area contributed by atoms with Crippen LogP contribution in [0.2, 0.25) is 0 Å². The number of hydrogen-bond donors (Lipinski definition) is 1. The fraction of sp³-hybridized carbons (Fsp3) is 0.556. The average Bonchev–Trinajstić information content (AvgIpc) is 3.21. The Hall–Kier alpha value is -2.05. The summed E-state index contributed by atoms with van der Waals surface area (Å²) in [5, 5.41) is 2.73. The number of nitrogens with zero attached hydrogens (tertiary/aromatic N) is 1. The Bertz CT molecular complexity index is 637. The largest absolute Gasteiger partial charge is 0.416 e. The van der Waals surface area contributed by atoms with Crippen molar-refractivity contribution in [2.24, 2.45) is 5.92 Å². The molecular weight excluding hydrogens is 333 g/mol. The highest BCUT2D eigenvalue weighted by molar-refractivity contribution is 5.89. The van der Waals surface area contributed by atoms with Crippen molar-refractivity contribution in [1.29, 1.82) is 0 Å². The number of amides is 2. The van der Waals surface area contributed by atoms with Crippen molar-refractivity contribution < 1.29 is 22.8 Å². The van der Waals surface area contributed by atoms with Crippen molar-refractivity contribution in [3.8, 4) is 0 Å². The van der Waals surface area contributed by atoms with Crippen molar-refractivity contribution in [2.45, 2.75) is 50.9 Å². The predicted octanol–water partition coefficient (Wildman–Crippen LogP) is 3.11. The molecule has 3 rings (SSSR count). The fourth-order valence-corrected chi connectivity index (χ4v) is 3.62. The Morgan fingerprint density at radius 3 is 2.40 bits per heavy atom. The van der Waals surface area contributed by atoms with Crippen LogP contribution < -0.4 is 5.32 Å². The van der Waals surface area contributed by atoms with Crippen molar-refractivity contribution in [3.05, 3.63) is 35.4 Å². The number of hydrogen-bond acceptors (Lipinski definition) is 2. The number of carbonyl (C=O) groups excluding carboxylic acids is 2. The lowest BCUT2D eigenvalue weighted by Crippen LogP contribution is -2.36. The maximum absolute atomic E-state index is 12.5. The maximum atomic E-state index is 12.5. The highest BCUT2D eigenvalue weighted by atomic mass is 19.4. The summed E-state index contributed by atoms with van der Waals surface area (Å²) in [5.74, 6) is -0.558. The van der Waals surface area contributed by atoms with E-state index in [1.165, 1.54) is 12.1 Å². The smallest absolute Gasteiger partial charge is 0.352 e.